The molecule has 1 rings (SSSR count). The molecule has 0 aliphatic carbocycles. The van der Waals surface area contributed by atoms with Gasteiger partial charge in [-0.3, -0.25) is 0 Å². The third-order valence-corrected chi connectivity index (χ3v) is 3.39. The van der Waals surface area contributed by atoms with Gasteiger partial charge in [0.2, 0.25) is 0 Å². The number of carbonyl (C=O) groups excluding carboxylic acids is 1. The molecule has 1 aromatic rings. The Labute approximate surface area is 122 Å². The second-order valence-electron chi connectivity index (χ2n) is 5.26. The van der Waals surface area contributed by atoms with E-state index in [0.717, 1.165) is 55.4 Å². The zero-order valence-corrected chi connectivity index (χ0v) is 13.2. The van der Waals surface area contributed by atoms with Crippen LogP contribution in [0.1, 0.15) is 56.2 Å². The number of carbonyl (C=O) groups is 1. The fourth-order valence-electron chi connectivity index (χ4n) is 2.31. The summed E-state index contributed by atoms with van der Waals surface area (Å²) in [6.07, 6.45) is 6.04. The summed E-state index contributed by atoms with van der Waals surface area (Å²) in [4.78, 5) is 11.6. The lowest BCUT2D eigenvalue weighted by Gasteiger charge is -2.16. The van der Waals surface area contributed by atoms with Crippen molar-refractivity contribution in [3.05, 3.63) is 28.8 Å². The fraction of sp³-hybridized carbons (Fsp3) is 0.588. The first-order valence-electron chi connectivity index (χ1n) is 7.64. The Kier molecular flexibility index (Phi) is 7.13. The molecule has 3 heteroatoms. The smallest absolute Gasteiger partial charge is 0.410 e. The van der Waals surface area contributed by atoms with Crippen molar-refractivity contribution in [2.75, 3.05) is 7.05 Å². The summed E-state index contributed by atoms with van der Waals surface area (Å²) in [5.41, 5.74) is 3.55. The van der Waals surface area contributed by atoms with Crippen LogP contribution >= 0.6 is 0 Å². The quantitative estimate of drug-likeness (QED) is 0.802. The lowest BCUT2D eigenvalue weighted by Crippen LogP contribution is -2.23. The molecule has 0 unspecified atom stereocenters. The third-order valence-electron chi connectivity index (χ3n) is 3.39. The molecule has 0 saturated heterocycles. The number of hydrogen-bond donors (Lipinski definition) is 1. The summed E-state index contributed by atoms with van der Waals surface area (Å²) < 4.78 is 5.52. The molecule has 0 radical (unpaired) electrons. The van der Waals surface area contributed by atoms with E-state index in [4.69, 9.17) is 4.74 Å². The maximum Gasteiger partial charge on any atom is 0.412 e. The largest absolute Gasteiger partial charge is 0.412 e. The maximum absolute atomic E-state index is 11.6. The Bertz CT molecular complexity index is 412. The average molecular weight is 277 g/mol. The van der Waals surface area contributed by atoms with Crippen molar-refractivity contribution in [2.24, 2.45) is 0 Å². The van der Waals surface area contributed by atoms with Gasteiger partial charge in [0.15, 0.2) is 0 Å². The molecule has 3 nitrogen and oxygen atoms in total. The van der Waals surface area contributed by atoms with Crippen LogP contribution in [0.25, 0.3) is 0 Å². The van der Waals surface area contributed by atoms with Gasteiger partial charge >= 0.3 is 6.09 Å². The SMILES string of the molecule is CCCCc1cc(C)cc(CCCC)c1OC(=O)NC. The summed E-state index contributed by atoms with van der Waals surface area (Å²) >= 11 is 0. The molecule has 1 amide bonds. The van der Waals surface area contributed by atoms with Gasteiger partial charge in [0.05, 0.1) is 0 Å². The highest BCUT2D eigenvalue weighted by atomic mass is 16.6. The van der Waals surface area contributed by atoms with Gasteiger partial charge in [-0.2, -0.15) is 0 Å². The predicted octanol–water partition coefficient (Wildman–Crippen LogP) is 4.40. The maximum atomic E-state index is 11.6. The second-order valence-corrected chi connectivity index (χ2v) is 5.26. The number of hydrogen-bond acceptors (Lipinski definition) is 2. The number of amides is 1. The van der Waals surface area contributed by atoms with E-state index in [-0.39, 0.29) is 6.09 Å². The van der Waals surface area contributed by atoms with Gasteiger partial charge in [0.1, 0.15) is 5.75 Å². The van der Waals surface area contributed by atoms with Crippen LogP contribution in [0.5, 0.6) is 5.75 Å². The minimum atomic E-state index is -0.385. The Morgan fingerprint density at radius 1 is 1.10 bits per heavy atom. The molecule has 112 valence electrons. The van der Waals surface area contributed by atoms with Gasteiger partial charge < -0.3 is 10.1 Å². The Balaban J connectivity index is 3.10. The van der Waals surface area contributed by atoms with Crippen LogP contribution in [0.3, 0.4) is 0 Å². The molecular formula is C17H27NO2. The van der Waals surface area contributed by atoms with Gasteiger partial charge in [0, 0.05) is 7.05 Å². The van der Waals surface area contributed by atoms with Crippen molar-refractivity contribution >= 4 is 6.09 Å². The van der Waals surface area contributed by atoms with Crippen molar-refractivity contribution < 1.29 is 9.53 Å². The minimum absolute atomic E-state index is 0.385. The van der Waals surface area contributed by atoms with Gasteiger partial charge in [0.25, 0.3) is 0 Å². The minimum Gasteiger partial charge on any atom is -0.410 e. The van der Waals surface area contributed by atoms with E-state index in [1.165, 1.54) is 5.56 Å². The molecule has 0 aliphatic rings. The van der Waals surface area contributed by atoms with E-state index in [2.05, 4.69) is 38.2 Å². The zero-order valence-electron chi connectivity index (χ0n) is 13.2. The highest BCUT2D eigenvalue weighted by molar-refractivity contribution is 5.71. The lowest BCUT2D eigenvalue weighted by molar-refractivity contribution is 0.202. The normalized spacial score (nSPS) is 10.4. The molecule has 0 aliphatic heterocycles. The van der Waals surface area contributed by atoms with Crippen LogP contribution in [0, 0.1) is 6.92 Å². The van der Waals surface area contributed by atoms with Crippen LogP contribution < -0.4 is 10.1 Å². The second kappa shape index (κ2) is 8.62. The molecule has 1 N–H and O–H groups in total. The van der Waals surface area contributed by atoms with E-state index in [1.807, 2.05) is 0 Å². The van der Waals surface area contributed by atoms with E-state index in [1.54, 1.807) is 7.05 Å². The van der Waals surface area contributed by atoms with Crippen molar-refractivity contribution in [2.45, 2.75) is 59.3 Å². The van der Waals surface area contributed by atoms with Crippen molar-refractivity contribution in [3.8, 4) is 5.75 Å². The molecule has 0 saturated carbocycles. The summed E-state index contributed by atoms with van der Waals surface area (Å²) in [5.74, 6) is 0.775. The van der Waals surface area contributed by atoms with Crippen LogP contribution in [0.4, 0.5) is 4.79 Å². The first kappa shape index (κ1) is 16.5. The summed E-state index contributed by atoms with van der Waals surface area (Å²) in [6.45, 7) is 6.45. The van der Waals surface area contributed by atoms with E-state index >= 15 is 0 Å². The Morgan fingerprint density at radius 3 is 2.00 bits per heavy atom. The summed E-state index contributed by atoms with van der Waals surface area (Å²) in [5, 5.41) is 2.53. The average Bonchev–Trinajstić information content (AvgIpc) is 2.44. The standard InChI is InChI=1S/C17H27NO2/c1-5-7-9-14-11-13(3)12-15(10-8-6-2)16(14)20-17(19)18-4/h11-12H,5-10H2,1-4H3,(H,18,19). The van der Waals surface area contributed by atoms with Crippen molar-refractivity contribution in [1.82, 2.24) is 5.32 Å². The summed E-state index contributed by atoms with van der Waals surface area (Å²) in [7, 11) is 1.59. The number of rotatable bonds is 7. The number of benzene rings is 1. The molecule has 0 fully saturated rings. The first-order valence-corrected chi connectivity index (χ1v) is 7.64. The molecular weight excluding hydrogens is 250 g/mol. The molecule has 1 aromatic carbocycles. The molecule has 0 atom stereocenters. The molecule has 0 bridgehead atoms. The highest BCUT2D eigenvalue weighted by Gasteiger charge is 2.14. The van der Waals surface area contributed by atoms with Gasteiger partial charge in [-0.25, -0.2) is 4.79 Å². The number of unbranched alkanes of at least 4 members (excludes halogenated alkanes) is 2. The number of aryl methyl sites for hydroxylation is 3. The van der Waals surface area contributed by atoms with Crippen LogP contribution in [-0.2, 0) is 12.8 Å². The summed E-state index contributed by atoms with van der Waals surface area (Å²) in [6, 6.07) is 4.28. The van der Waals surface area contributed by atoms with Crippen LogP contribution in [0.15, 0.2) is 12.1 Å². The Hall–Kier alpha value is -1.51. The van der Waals surface area contributed by atoms with Crippen molar-refractivity contribution in [3.63, 3.8) is 0 Å². The van der Waals surface area contributed by atoms with Gasteiger partial charge in [-0.15, -0.1) is 0 Å². The third kappa shape index (κ3) is 4.87. The number of ether oxygens (including phenoxy) is 1. The zero-order chi connectivity index (χ0) is 15.0. The van der Waals surface area contributed by atoms with E-state index < -0.39 is 0 Å². The molecule has 0 aromatic heterocycles. The van der Waals surface area contributed by atoms with E-state index in [0.29, 0.717) is 0 Å². The number of nitrogens with one attached hydrogen (secondary N) is 1. The lowest BCUT2D eigenvalue weighted by atomic mass is 9.97. The molecule has 0 spiro atoms. The Morgan fingerprint density at radius 2 is 1.60 bits per heavy atom. The molecule has 0 heterocycles. The monoisotopic (exact) mass is 277 g/mol. The fourth-order valence-corrected chi connectivity index (χ4v) is 2.31. The van der Waals surface area contributed by atoms with Crippen molar-refractivity contribution in [1.29, 1.82) is 0 Å². The first-order chi connectivity index (χ1) is 9.62. The van der Waals surface area contributed by atoms with Gasteiger partial charge in [-0.1, -0.05) is 44.4 Å². The van der Waals surface area contributed by atoms with Gasteiger partial charge in [-0.05, 0) is 43.7 Å². The topological polar surface area (TPSA) is 38.3 Å². The molecule has 20 heavy (non-hydrogen) atoms. The van der Waals surface area contributed by atoms with Crippen LogP contribution in [-0.4, -0.2) is 13.1 Å². The van der Waals surface area contributed by atoms with E-state index in [9.17, 15) is 4.79 Å². The van der Waals surface area contributed by atoms with Crippen LogP contribution in [0.2, 0.25) is 0 Å². The highest BCUT2D eigenvalue weighted by Crippen LogP contribution is 2.29. The predicted molar refractivity (Wildman–Crippen MR) is 83.5 cm³/mol.